The third kappa shape index (κ3) is 5.20. The number of carbonyl (C=O) groups is 2. The molecule has 2 aromatic rings. The smallest absolute Gasteiger partial charge is 0.339 e. The number of amides is 1. The highest BCUT2D eigenvalue weighted by atomic mass is 32.2. The Morgan fingerprint density at radius 3 is 2.50 bits per heavy atom. The average Bonchev–Trinajstić information content (AvgIpc) is 3.11. The van der Waals surface area contributed by atoms with E-state index in [4.69, 9.17) is 4.74 Å². The molecule has 2 aromatic carbocycles. The quantitative estimate of drug-likeness (QED) is 0.631. The van der Waals surface area contributed by atoms with Crippen LogP contribution in [0, 0.1) is 11.3 Å². The topological polar surface area (TPSA) is 105 Å². The van der Waals surface area contributed by atoms with Crippen LogP contribution in [-0.2, 0) is 19.4 Å². The van der Waals surface area contributed by atoms with Gasteiger partial charge in [0.15, 0.2) is 16.4 Å². The van der Waals surface area contributed by atoms with Crippen molar-refractivity contribution in [3.8, 4) is 6.07 Å². The number of nitrogens with zero attached hydrogens (tertiary/aromatic N) is 2. The molecule has 3 rings (SSSR count). The monoisotopic (exact) mass is 444 g/mol. The summed E-state index contributed by atoms with van der Waals surface area (Å²) < 4.78 is 28.4. The van der Waals surface area contributed by atoms with Gasteiger partial charge in [0.05, 0.1) is 22.6 Å². The normalized spacial score (nSPS) is 17.1. The molecule has 7 nitrogen and oxygen atoms in total. The number of hydrogen-bond acceptors (Lipinski definition) is 7. The van der Waals surface area contributed by atoms with Gasteiger partial charge in [-0.3, -0.25) is 4.79 Å². The van der Waals surface area contributed by atoms with Crippen molar-refractivity contribution in [2.75, 3.05) is 25.2 Å². The molecule has 0 unspecified atom stereocenters. The molecular weight excluding hydrogens is 424 g/mol. The number of likely N-dealkylation sites (N-methyl/N-ethyl adjacent to an activating group) is 1. The van der Waals surface area contributed by atoms with E-state index in [1.807, 2.05) is 6.07 Å². The minimum atomic E-state index is -3.12. The molecule has 1 aliphatic heterocycles. The Bertz CT molecular complexity index is 1110. The fourth-order valence-electron chi connectivity index (χ4n) is 3.08. The summed E-state index contributed by atoms with van der Waals surface area (Å²) in [6.07, 6.45) is 0.385. The lowest BCUT2D eigenvalue weighted by atomic mass is 10.2. The zero-order chi connectivity index (χ0) is 21.7. The molecule has 9 heteroatoms. The van der Waals surface area contributed by atoms with Crippen molar-refractivity contribution in [1.82, 2.24) is 4.90 Å². The van der Waals surface area contributed by atoms with E-state index in [0.29, 0.717) is 21.8 Å². The maximum Gasteiger partial charge on any atom is 0.339 e. The average molecular weight is 445 g/mol. The first kappa shape index (κ1) is 21.9. The number of nitriles is 1. The lowest BCUT2D eigenvalue weighted by molar-refractivity contribution is -0.134. The summed E-state index contributed by atoms with van der Waals surface area (Å²) in [5.41, 5.74) is 0.781. The standard InChI is InChI=1S/C21H20N2O5S2/c1-23(16-10-11-30(26,27)14-16)20(24)13-28-21(25)17-7-3-5-9-19(17)29-18-8-4-2-6-15(18)12-22/h2-9,16H,10-11,13-14H2,1H3/t16-/m0/s1. The lowest BCUT2D eigenvalue weighted by Gasteiger charge is -2.23. The molecule has 0 N–H and O–H groups in total. The van der Waals surface area contributed by atoms with Crippen molar-refractivity contribution >= 4 is 33.5 Å². The van der Waals surface area contributed by atoms with Crippen LogP contribution in [0.5, 0.6) is 0 Å². The largest absolute Gasteiger partial charge is 0.452 e. The van der Waals surface area contributed by atoms with Crippen LogP contribution in [0.25, 0.3) is 0 Å². The summed E-state index contributed by atoms with van der Waals surface area (Å²) in [5, 5.41) is 9.26. The van der Waals surface area contributed by atoms with Gasteiger partial charge in [-0.25, -0.2) is 13.2 Å². The van der Waals surface area contributed by atoms with Crippen LogP contribution < -0.4 is 0 Å². The van der Waals surface area contributed by atoms with Gasteiger partial charge in [0.25, 0.3) is 5.91 Å². The molecule has 1 heterocycles. The fraction of sp³-hybridized carbons (Fsp3) is 0.286. The van der Waals surface area contributed by atoms with Crippen LogP contribution in [-0.4, -0.2) is 56.4 Å². The SMILES string of the molecule is CN(C(=O)COC(=O)c1ccccc1Sc1ccccc1C#N)[C@H]1CCS(=O)(=O)C1. The van der Waals surface area contributed by atoms with Gasteiger partial charge in [-0.05, 0) is 30.7 Å². The Morgan fingerprint density at radius 1 is 1.17 bits per heavy atom. The van der Waals surface area contributed by atoms with Crippen LogP contribution in [0.15, 0.2) is 58.3 Å². The molecule has 0 aliphatic carbocycles. The minimum absolute atomic E-state index is 0.0594. The summed E-state index contributed by atoms with van der Waals surface area (Å²) in [6, 6.07) is 15.6. The van der Waals surface area contributed by atoms with E-state index in [1.165, 1.54) is 23.7 Å². The maximum atomic E-state index is 12.6. The highest BCUT2D eigenvalue weighted by Gasteiger charge is 2.33. The lowest BCUT2D eigenvalue weighted by Crippen LogP contribution is -2.40. The summed E-state index contributed by atoms with van der Waals surface area (Å²) in [7, 11) is -1.60. The summed E-state index contributed by atoms with van der Waals surface area (Å²) in [6.45, 7) is -0.473. The molecular formula is C21H20N2O5S2. The molecule has 0 spiro atoms. The van der Waals surface area contributed by atoms with Gasteiger partial charge in [0.1, 0.15) is 6.07 Å². The third-order valence-corrected chi connectivity index (χ3v) is 7.71. The van der Waals surface area contributed by atoms with E-state index in [-0.39, 0.29) is 17.1 Å². The van der Waals surface area contributed by atoms with Crippen LogP contribution >= 0.6 is 11.8 Å². The number of benzene rings is 2. The molecule has 1 atom stereocenters. The summed E-state index contributed by atoms with van der Waals surface area (Å²) in [4.78, 5) is 27.6. The predicted octanol–water partition coefficient (Wildman–Crippen LogP) is 2.51. The first-order valence-electron chi connectivity index (χ1n) is 9.20. The molecule has 156 valence electrons. The molecule has 0 radical (unpaired) electrons. The molecule has 1 amide bonds. The summed E-state index contributed by atoms with van der Waals surface area (Å²) in [5.74, 6) is -1.12. The van der Waals surface area contributed by atoms with Gasteiger partial charge in [0, 0.05) is 22.9 Å². The minimum Gasteiger partial charge on any atom is -0.452 e. The third-order valence-electron chi connectivity index (χ3n) is 4.81. The van der Waals surface area contributed by atoms with Crippen molar-refractivity contribution < 1.29 is 22.7 Å². The Hall–Kier alpha value is -2.83. The Kier molecular flexibility index (Phi) is 6.80. The van der Waals surface area contributed by atoms with E-state index in [0.717, 1.165) is 0 Å². The molecule has 0 bridgehead atoms. The van der Waals surface area contributed by atoms with Crippen molar-refractivity contribution in [2.45, 2.75) is 22.3 Å². The number of carbonyl (C=O) groups excluding carboxylic acids is 2. The zero-order valence-electron chi connectivity index (χ0n) is 16.3. The van der Waals surface area contributed by atoms with Crippen molar-refractivity contribution in [2.24, 2.45) is 0 Å². The zero-order valence-corrected chi connectivity index (χ0v) is 17.9. The molecule has 1 fully saturated rings. The van der Waals surface area contributed by atoms with E-state index < -0.39 is 34.4 Å². The van der Waals surface area contributed by atoms with Gasteiger partial charge in [-0.1, -0.05) is 36.0 Å². The second-order valence-electron chi connectivity index (χ2n) is 6.84. The van der Waals surface area contributed by atoms with E-state index in [1.54, 1.807) is 42.5 Å². The fourth-order valence-corrected chi connectivity index (χ4v) is 5.87. The van der Waals surface area contributed by atoms with Crippen LogP contribution in [0.1, 0.15) is 22.3 Å². The van der Waals surface area contributed by atoms with Gasteiger partial charge in [-0.15, -0.1) is 0 Å². The van der Waals surface area contributed by atoms with E-state index in [9.17, 15) is 23.3 Å². The first-order chi connectivity index (χ1) is 14.3. The number of sulfone groups is 1. The van der Waals surface area contributed by atoms with Crippen molar-refractivity contribution in [3.05, 3.63) is 59.7 Å². The maximum absolute atomic E-state index is 12.6. The highest BCUT2D eigenvalue weighted by molar-refractivity contribution is 7.99. The highest BCUT2D eigenvalue weighted by Crippen LogP contribution is 2.32. The van der Waals surface area contributed by atoms with Crippen LogP contribution in [0.4, 0.5) is 0 Å². The number of esters is 1. The van der Waals surface area contributed by atoms with Crippen LogP contribution in [0.3, 0.4) is 0 Å². The van der Waals surface area contributed by atoms with Crippen molar-refractivity contribution in [3.63, 3.8) is 0 Å². The van der Waals surface area contributed by atoms with Gasteiger partial charge < -0.3 is 9.64 Å². The number of rotatable bonds is 6. The molecule has 1 saturated heterocycles. The predicted molar refractivity (Wildman–Crippen MR) is 112 cm³/mol. The van der Waals surface area contributed by atoms with Gasteiger partial charge >= 0.3 is 5.97 Å². The number of ether oxygens (including phenoxy) is 1. The molecule has 30 heavy (non-hydrogen) atoms. The Balaban J connectivity index is 1.66. The van der Waals surface area contributed by atoms with Gasteiger partial charge in [-0.2, -0.15) is 5.26 Å². The van der Waals surface area contributed by atoms with E-state index >= 15 is 0 Å². The second-order valence-corrected chi connectivity index (χ2v) is 10.2. The molecule has 1 aliphatic rings. The second kappa shape index (κ2) is 9.32. The Labute approximate surface area is 179 Å². The summed E-state index contributed by atoms with van der Waals surface area (Å²) >= 11 is 1.27. The van der Waals surface area contributed by atoms with Crippen molar-refractivity contribution in [1.29, 1.82) is 5.26 Å². The Morgan fingerprint density at radius 2 is 1.83 bits per heavy atom. The van der Waals surface area contributed by atoms with E-state index in [2.05, 4.69) is 6.07 Å². The van der Waals surface area contributed by atoms with Crippen LogP contribution in [0.2, 0.25) is 0 Å². The number of hydrogen-bond donors (Lipinski definition) is 0. The first-order valence-corrected chi connectivity index (χ1v) is 11.8. The van der Waals surface area contributed by atoms with Gasteiger partial charge in [0.2, 0.25) is 0 Å². The molecule has 0 aromatic heterocycles. The molecule has 0 saturated carbocycles.